The van der Waals surface area contributed by atoms with Crippen LogP contribution in [0.3, 0.4) is 0 Å². The van der Waals surface area contributed by atoms with Gasteiger partial charge >= 0.3 is 0 Å². The quantitative estimate of drug-likeness (QED) is 0.682. The molecule has 0 aliphatic rings. The second kappa shape index (κ2) is 7.33. The van der Waals surface area contributed by atoms with Gasteiger partial charge in [0.05, 0.1) is 36.3 Å². The van der Waals surface area contributed by atoms with Gasteiger partial charge in [0.2, 0.25) is 5.91 Å². The summed E-state index contributed by atoms with van der Waals surface area (Å²) in [7, 11) is 1.89. The first-order valence-corrected chi connectivity index (χ1v) is 9.50. The highest BCUT2D eigenvalue weighted by atomic mass is 32.2. The van der Waals surface area contributed by atoms with Gasteiger partial charge in [-0.1, -0.05) is 18.2 Å². The van der Waals surface area contributed by atoms with Crippen LogP contribution in [0.2, 0.25) is 0 Å². The molecule has 1 aromatic heterocycles. The molecule has 3 rings (SSSR count). The normalized spacial score (nSPS) is 12.2. The van der Waals surface area contributed by atoms with E-state index in [2.05, 4.69) is 0 Å². The minimum Gasteiger partial charge on any atom is -0.493 e. The zero-order valence-corrected chi connectivity index (χ0v) is 16.1. The summed E-state index contributed by atoms with van der Waals surface area (Å²) in [4.78, 5) is 13.1. The molecule has 0 aliphatic carbocycles. The Kier molecular flexibility index (Phi) is 5.13. The molecular formula is C20H21NO4S. The molecule has 3 aromatic rings. The summed E-state index contributed by atoms with van der Waals surface area (Å²) in [5, 5.41) is 0.887. The largest absolute Gasteiger partial charge is 0.493 e. The van der Waals surface area contributed by atoms with Gasteiger partial charge in [-0.25, -0.2) is 0 Å². The molecule has 0 spiro atoms. The topological polar surface area (TPSA) is 57.5 Å². The molecule has 0 N–H and O–H groups in total. The summed E-state index contributed by atoms with van der Waals surface area (Å²) < 4.78 is 25.2. The Bertz CT molecular complexity index is 992. The third kappa shape index (κ3) is 3.12. The predicted molar refractivity (Wildman–Crippen MR) is 103 cm³/mol. The molecule has 26 heavy (non-hydrogen) atoms. The van der Waals surface area contributed by atoms with Crippen molar-refractivity contribution in [1.29, 1.82) is 0 Å². The smallest absolute Gasteiger partial charge is 0.228 e. The van der Waals surface area contributed by atoms with E-state index in [0.717, 1.165) is 27.1 Å². The van der Waals surface area contributed by atoms with Crippen molar-refractivity contribution in [3.8, 4) is 11.5 Å². The summed E-state index contributed by atoms with van der Waals surface area (Å²) in [5.74, 6) is 1.28. The molecule has 6 heteroatoms. The van der Waals surface area contributed by atoms with E-state index in [-0.39, 0.29) is 11.7 Å². The Balaban J connectivity index is 2.18. The zero-order chi connectivity index (χ0) is 18.8. The summed E-state index contributed by atoms with van der Waals surface area (Å²) in [5.41, 5.74) is 2.39. The van der Waals surface area contributed by atoms with Gasteiger partial charge in [0.25, 0.3) is 0 Å². The molecule has 136 valence electrons. The van der Waals surface area contributed by atoms with Crippen LogP contribution in [-0.2, 0) is 16.6 Å². The number of methoxy groups -OCH3 is 2. The Hall–Kier alpha value is -2.60. The van der Waals surface area contributed by atoms with Crippen molar-refractivity contribution in [1.82, 2.24) is 4.57 Å². The lowest BCUT2D eigenvalue weighted by Crippen LogP contribution is -2.12. The van der Waals surface area contributed by atoms with Gasteiger partial charge in [0.15, 0.2) is 11.5 Å². The number of aryl methyl sites for hydroxylation is 1. The standard InChI is InChI=1S/C20H21NO4S/c1-13-16-10-19(24-3)20(25-4)11-17(16)21(14(2)22)18(13)12-26(23)15-8-6-5-7-9-15/h5-11H,12H2,1-4H3. The molecule has 0 fully saturated rings. The van der Waals surface area contributed by atoms with Crippen LogP contribution < -0.4 is 9.47 Å². The molecule has 1 atom stereocenters. The number of nitrogens with zero attached hydrogens (tertiary/aromatic N) is 1. The van der Waals surface area contributed by atoms with E-state index >= 15 is 0 Å². The first kappa shape index (κ1) is 18.2. The second-order valence-electron chi connectivity index (χ2n) is 5.95. The van der Waals surface area contributed by atoms with Crippen LogP contribution in [0, 0.1) is 6.92 Å². The summed E-state index contributed by atoms with van der Waals surface area (Å²) in [6, 6.07) is 12.9. The highest BCUT2D eigenvalue weighted by Gasteiger charge is 2.21. The van der Waals surface area contributed by atoms with Crippen LogP contribution in [0.25, 0.3) is 10.9 Å². The summed E-state index contributed by atoms with van der Waals surface area (Å²) >= 11 is 0. The first-order chi connectivity index (χ1) is 12.5. The number of ether oxygens (including phenoxy) is 2. The van der Waals surface area contributed by atoms with Crippen molar-refractivity contribution in [2.45, 2.75) is 24.5 Å². The molecule has 0 radical (unpaired) electrons. The number of benzene rings is 2. The molecule has 2 aromatic carbocycles. The van der Waals surface area contributed by atoms with Gasteiger partial charge in [-0.2, -0.15) is 0 Å². The fourth-order valence-corrected chi connectivity index (χ4v) is 4.36. The Morgan fingerprint density at radius 1 is 1.08 bits per heavy atom. The van der Waals surface area contributed by atoms with E-state index < -0.39 is 10.8 Å². The van der Waals surface area contributed by atoms with Crippen molar-refractivity contribution < 1.29 is 18.5 Å². The van der Waals surface area contributed by atoms with Crippen LogP contribution in [-0.4, -0.2) is 28.9 Å². The van der Waals surface area contributed by atoms with Crippen molar-refractivity contribution in [3.63, 3.8) is 0 Å². The maximum absolute atomic E-state index is 12.8. The Morgan fingerprint density at radius 3 is 2.27 bits per heavy atom. The number of hydrogen-bond acceptors (Lipinski definition) is 4. The number of fused-ring (bicyclic) bond motifs is 1. The Labute approximate surface area is 155 Å². The molecule has 5 nitrogen and oxygen atoms in total. The highest BCUT2D eigenvalue weighted by molar-refractivity contribution is 7.84. The number of carbonyl (C=O) groups is 1. The van der Waals surface area contributed by atoms with Crippen molar-refractivity contribution >= 4 is 27.6 Å². The fourth-order valence-electron chi connectivity index (χ4n) is 3.13. The first-order valence-electron chi connectivity index (χ1n) is 8.18. The van der Waals surface area contributed by atoms with Gasteiger partial charge < -0.3 is 9.47 Å². The van der Waals surface area contributed by atoms with Crippen molar-refractivity contribution in [2.24, 2.45) is 0 Å². The SMILES string of the molecule is COc1cc2c(C)c(CS(=O)c3ccccc3)n(C(C)=O)c2cc1OC. The lowest BCUT2D eigenvalue weighted by molar-refractivity contribution is 0.0939. The molecule has 0 aliphatic heterocycles. The van der Waals surface area contributed by atoms with Crippen molar-refractivity contribution in [3.05, 3.63) is 53.7 Å². The van der Waals surface area contributed by atoms with Gasteiger partial charge in [-0.3, -0.25) is 13.6 Å². The highest BCUT2D eigenvalue weighted by Crippen LogP contribution is 2.36. The molecule has 1 heterocycles. The lowest BCUT2D eigenvalue weighted by atomic mass is 10.1. The lowest BCUT2D eigenvalue weighted by Gasteiger charge is -2.10. The average molecular weight is 371 g/mol. The summed E-state index contributed by atoms with van der Waals surface area (Å²) in [6.45, 7) is 3.44. The number of aromatic nitrogens is 1. The van der Waals surface area contributed by atoms with E-state index in [1.54, 1.807) is 24.9 Å². The molecular weight excluding hydrogens is 350 g/mol. The van der Waals surface area contributed by atoms with Crippen LogP contribution in [0.1, 0.15) is 23.0 Å². The van der Waals surface area contributed by atoms with Crippen LogP contribution in [0.4, 0.5) is 0 Å². The van der Waals surface area contributed by atoms with Crippen LogP contribution in [0.15, 0.2) is 47.4 Å². The van der Waals surface area contributed by atoms with E-state index in [1.165, 1.54) is 6.92 Å². The molecule has 0 bridgehead atoms. The van der Waals surface area contributed by atoms with E-state index in [1.807, 2.05) is 43.3 Å². The van der Waals surface area contributed by atoms with E-state index in [0.29, 0.717) is 11.5 Å². The van der Waals surface area contributed by atoms with E-state index in [9.17, 15) is 9.00 Å². The average Bonchev–Trinajstić information content (AvgIpc) is 2.92. The number of hydrogen-bond donors (Lipinski definition) is 0. The maximum Gasteiger partial charge on any atom is 0.228 e. The molecule has 1 unspecified atom stereocenters. The molecule has 0 saturated carbocycles. The maximum atomic E-state index is 12.8. The minimum atomic E-state index is -1.25. The van der Waals surface area contributed by atoms with Crippen molar-refractivity contribution in [2.75, 3.05) is 14.2 Å². The Morgan fingerprint density at radius 2 is 1.69 bits per heavy atom. The van der Waals surface area contributed by atoms with Crippen LogP contribution in [0.5, 0.6) is 11.5 Å². The summed E-state index contributed by atoms with van der Waals surface area (Å²) in [6.07, 6.45) is 0. The second-order valence-corrected chi connectivity index (χ2v) is 7.40. The third-order valence-electron chi connectivity index (χ3n) is 4.44. The number of carbonyl (C=O) groups excluding carboxylic acids is 1. The zero-order valence-electron chi connectivity index (χ0n) is 15.2. The monoisotopic (exact) mass is 371 g/mol. The fraction of sp³-hybridized carbons (Fsp3) is 0.250. The predicted octanol–water partition coefficient (Wildman–Crippen LogP) is 3.93. The van der Waals surface area contributed by atoms with Gasteiger partial charge in [0.1, 0.15) is 0 Å². The molecule has 0 saturated heterocycles. The van der Waals surface area contributed by atoms with Gasteiger partial charge in [-0.05, 0) is 30.7 Å². The van der Waals surface area contributed by atoms with Gasteiger partial charge in [-0.15, -0.1) is 0 Å². The third-order valence-corrected chi connectivity index (χ3v) is 5.77. The molecule has 0 amide bonds. The van der Waals surface area contributed by atoms with Crippen LogP contribution >= 0.6 is 0 Å². The number of rotatable bonds is 5. The van der Waals surface area contributed by atoms with Gasteiger partial charge in [0, 0.05) is 29.0 Å². The van der Waals surface area contributed by atoms with E-state index in [4.69, 9.17) is 9.47 Å². The minimum absolute atomic E-state index is 0.129.